The molecule has 2 rings (SSSR count). The lowest BCUT2D eigenvalue weighted by Gasteiger charge is -2.07. The first-order chi connectivity index (χ1) is 8.19. The van der Waals surface area contributed by atoms with Crippen molar-refractivity contribution in [1.29, 1.82) is 0 Å². The molecule has 0 fully saturated rings. The topological polar surface area (TPSA) is 9.23 Å². The largest absolute Gasteiger partial charge is 0.454 e. The van der Waals surface area contributed by atoms with Crippen LogP contribution in [0.5, 0.6) is 11.5 Å². The van der Waals surface area contributed by atoms with Crippen molar-refractivity contribution in [2.45, 2.75) is 5.88 Å². The van der Waals surface area contributed by atoms with Crippen LogP contribution in [-0.4, -0.2) is 0 Å². The first kappa shape index (κ1) is 12.2. The van der Waals surface area contributed by atoms with Gasteiger partial charge in [0.15, 0.2) is 11.6 Å². The van der Waals surface area contributed by atoms with E-state index < -0.39 is 5.82 Å². The zero-order chi connectivity index (χ0) is 12.3. The molecule has 2 aromatic rings. The van der Waals surface area contributed by atoms with Crippen molar-refractivity contribution in [3.8, 4) is 11.5 Å². The van der Waals surface area contributed by atoms with E-state index in [4.69, 9.17) is 27.9 Å². The van der Waals surface area contributed by atoms with Crippen LogP contribution in [0.4, 0.5) is 4.39 Å². The average molecular weight is 271 g/mol. The highest BCUT2D eigenvalue weighted by atomic mass is 35.5. The highest BCUT2D eigenvalue weighted by molar-refractivity contribution is 6.30. The van der Waals surface area contributed by atoms with Gasteiger partial charge in [0.25, 0.3) is 0 Å². The number of alkyl halides is 1. The lowest BCUT2D eigenvalue weighted by Crippen LogP contribution is -1.90. The molecule has 0 amide bonds. The van der Waals surface area contributed by atoms with E-state index in [1.54, 1.807) is 36.4 Å². The number of benzene rings is 2. The molecule has 0 radical (unpaired) electrons. The molecule has 0 aliphatic carbocycles. The second-order valence-corrected chi connectivity index (χ2v) is 4.16. The van der Waals surface area contributed by atoms with Gasteiger partial charge in [-0.1, -0.05) is 17.7 Å². The van der Waals surface area contributed by atoms with E-state index in [0.29, 0.717) is 16.7 Å². The maximum atomic E-state index is 13.5. The fourth-order valence-electron chi connectivity index (χ4n) is 1.34. The van der Waals surface area contributed by atoms with Crippen molar-refractivity contribution in [3.05, 3.63) is 58.9 Å². The molecule has 0 bridgehead atoms. The summed E-state index contributed by atoms with van der Waals surface area (Å²) in [5, 5.41) is 0.604. The van der Waals surface area contributed by atoms with Gasteiger partial charge in [-0.05, 0) is 42.0 Å². The third-order valence-corrected chi connectivity index (χ3v) is 2.75. The molecule has 0 spiro atoms. The van der Waals surface area contributed by atoms with Crippen LogP contribution in [0.25, 0.3) is 0 Å². The summed E-state index contributed by atoms with van der Waals surface area (Å²) in [7, 11) is 0. The predicted octanol–water partition coefficient (Wildman–Crippen LogP) is 5.01. The zero-order valence-electron chi connectivity index (χ0n) is 8.79. The average Bonchev–Trinajstić information content (AvgIpc) is 2.35. The molecular weight excluding hydrogens is 262 g/mol. The summed E-state index contributed by atoms with van der Waals surface area (Å²) in [6.07, 6.45) is 0. The van der Waals surface area contributed by atoms with Crippen LogP contribution in [0.1, 0.15) is 5.56 Å². The van der Waals surface area contributed by atoms with E-state index in [1.807, 2.05) is 0 Å². The molecule has 17 heavy (non-hydrogen) atoms. The molecule has 2 aromatic carbocycles. The van der Waals surface area contributed by atoms with Crippen molar-refractivity contribution in [1.82, 2.24) is 0 Å². The number of rotatable bonds is 3. The summed E-state index contributed by atoms with van der Waals surface area (Å²) in [6.45, 7) is 0. The third kappa shape index (κ3) is 3.11. The molecule has 0 aromatic heterocycles. The molecule has 0 atom stereocenters. The Balaban J connectivity index is 2.25. The first-order valence-electron chi connectivity index (χ1n) is 4.97. The van der Waals surface area contributed by atoms with Crippen LogP contribution < -0.4 is 4.74 Å². The molecule has 0 saturated heterocycles. The van der Waals surface area contributed by atoms with Crippen molar-refractivity contribution in [3.63, 3.8) is 0 Å². The van der Waals surface area contributed by atoms with Crippen LogP contribution in [0, 0.1) is 5.82 Å². The van der Waals surface area contributed by atoms with Crippen molar-refractivity contribution in [2.24, 2.45) is 0 Å². The van der Waals surface area contributed by atoms with E-state index in [2.05, 4.69) is 0 Å². The summed E-state index contributed by atoms with van der Waals surface area (Å²) in [5.41, 5.74) is 0.803. The van der Waals surface area contributed by atoms with Gasteiger partial charge in [0.05, 0.1) is 0 Å². The van der Waals surface area contributed by atoms with Gasteiger partial charge in [-0.15, -0.1) is 11.6 Å². The maximum absolute atomic E-state index is 13.5. The predicted molar refractivity (Wildman–Crippen MR) is 67.5 cm³/mol. The minimum atomic E-state index is -0.422. The Hall–Kier alpha value is -1.25. The molecule has 0 heterocycles. The molecule has 1 nitrogen and oxygen atoms in total. The lowest BCUT2D eigenvalue weighted by molar-refractivity contribution is 0.442. The minimum Gasteiger partial charge on any atom is -0.454 e. The maximum Gasteiger partial charge on any atom is 0.165 e. The van der Waals surface area contributed by atoms with E-state index in [0.717, 1.165) is 5.56 Å². The zero-order valence-corrected chi connectivity index (χ0v) is 10.3. The van der Waals surface area contributed by atoms with Gasteiger partial charge in [-0.25, -0.2) is 4.39 Å². The second-order valence-electron chi connectivity index (χ2n) is 3.45. The van der Waals surface area contributed by atoms with Crippen LogP contribution in [0.2, 0.25) is 5.02 Å². The Bertz CT molecular complexity index is 511. The third-order valence-electron chi connectivity index (χ3n) is 2.19. The smallest absolute Gasteiger partial charge is 0.165 e. The summed E-state index contributed by atoms with van der Waals surface area (Å²) >= 11 is 11.4. The first-order valence-corrected chi connectivity index (χ1v) is 5.88. The Labute approximate surface area is 109 Å². The Morgan fingerprint density at radius 2 is 1.76 bits per heavy atom. The van der Waals surface area contributed by atoms with Crippen LogP contribution in [-0.2, 0) is 5.88 Å². The monoisotopic (exact) mass is 270 g/mol. The van der Waals surface area contributed by atoms with E-state index in [1.165, 1.54) is 6.07 Å². The number of hydrogen-bond donors (Lipinski definition) is 0. The Kier molecular flexibility index (Phi) is 3.87. The quantitative estimate of drug-likeness (QED) is 0.713. The summed E-state index contributed by atoms with van der Waals surface area (Å²) in [4.78, 5) is 0. The Morgan fingerprint density at radius 3 is 2.41 bits per heavy atom. The number of hydrogen-bond acceptors (Lipinski definition) is 1. The molecule has 4 heteroatoms. The summed E-state index contributed by atoms with van der Waals surface area (Å²) in [6, 6.07) is 11.3. The van der Waals surface area contributed by atoms with Crippen LogP contribution in [0.15, 0.2) is 42.5 Å². The van der Waals surface area contributed by atoms with Gasteiger partial charge >= 0.3 is 0 Å². The molecule has 0 unspecified atom stereocenters. The Morgan fingerprint density at radius 1 is 1.06 bits per heavy atom. The minimum absolute atomic E-state index is 0.158. The van der Waals surface area contributed by atoms with Gasteiger partial charge in [0.2, 0.25) is 0 Å². The molecule has 88 valence electrons. The molecule has 0 N–H and O–H groups in total. The van der Waals surface area contributed by atoms with Gasteiger partial charge in [0.1, 0.15) is 5.75 Å². The van der Waals surface area contributed by atoms with E-state index in [9.17, 15) is 4.39 Å². The molecule has 0 saturated carbocycles. The fraction of sp³-hybridized carbons (Fsp3) is 0.0769. The SMILES string of the molecule is Fc1ccc(CCl)cc1Oc1ccc(Cl)cc1. The highest BCUT2D eigenvalue weighted by Crippen LogP contribution is 2.26. The van der Waals surface area contributed by atoms with Gasteiger partial charge in [-0.3, -0.25) is 0 Å². The van der Waals surface area contributed by atoms with Crippen molar-refractivity contribution < 1.29 is 9.13 Å². The molecule has 0 aliphatic rings. The normalized spacial score (nSPS) is 10.3. The number of halogens is 3. The van der Waals surface area contributed by atoms with Gasteiger partial charge in [-0.2, -0.15) is 0 Å². The van der Waals surface area contributed by atoms with Gasteiger partial charge in [0, 0.05) is 10.9 Å². The lowest BCUT2D eigenvalue weighted by atomic mass is 10.2. The van der Waals surface area contributed by atoms with Crippen molar-refractivity contribution in [2.75, 3.05) is 0 Å². The second kappa shape index (κ2) is 5.39. The number of ether oxygens (including phenoxy) is 1. The summed E-state index contributed by atoms with van der Waals surface area (Å²) < 4.78 is 18.9. The highest BCUT2D eigenvalue weighted by Gasteiger charge is 2.06. The van der Waals surface area contributed by atoms with Gasteiger partial charge < -0.3 is 4.74 Å². The van der Waals surface area contributed by atoms with Crippen molar-refractivity contribution >= 4 is 23.2 Å². The summed E-state index contributed by atoms with van der Waals surface area (Å²) in [5.74, 6) is 0.580. The standard InChI is InChI=1S/C13H9Cl2FO/c14-8-9-1-6-12(16)13(7-9)17-11-4-2-10(15)3-5-11/h1-7H,8H2. The fourth-order valence-corrected chi connectivity index (χ4v) is 1.63. The van der Waals surface area contributed by atoms with Crippen LogP contribution >= 0.6 is 23.2 Å². The molecule has 0 aliphatic heterocycles. The molecular formula is C13H9Cl2FO. The van der Waals surface area contributed by atoms with Crippen LogP contribution in [0.3, 0.4) is 0 Å². The van der Waals surface area contributed by atoms with E-state index >= 15 is 0 Å². The van der Waals surface area contributed by atoms with E-state index in [-0.39, 0.29) is 5.75 Å².